The number of carbonyl (C=O) groups is 1. The number of hydrogen-bond donors (Lipinski definition) is 0. The number of carbonyl (C=O) groups excluding carboxylic acids is 1. The van der Waals surface area contributed by atoms with Crippen LogP contribution in [0.5, 0.6) is 5.75 Å². The lowest BCUT2D eigenvalue weighted by Gasteiger charge is -2.35. The van der Waals surface area contributed by atoms with E-state index >= 15 is 0 Å². The average molecular weight is 333 g/mol. The van der Waals surface area contributed by atoms with Gasteiger partial charge in [0.1, 0.15) is 11.4 Å². The van der Waals surface area contributed by atoms with Crippen molar-refractivity contribution >= 4 is 5.91 Å². The fraction of sp³-hybridized carbons (Fsp3) is 0.667. The van der Waals surface area contributed by atoms with Crippen LogP contribution in [0.15, 0.2) is 18.3 Å². The molecule has 0 radical (unpaired) electrons. The molecule has 0 unspecified atom stereocenters. The molecule has 0 saturated carbocycles. The lowest BCUT2D eigenvalue weighted by atomic mass is 10.1. The van der Waals surface area contributed by atoms with Crippen LogP contribution in [0.3, 0.4) is 0 Å². The summed E-state index contributed by atoms with van der Waals surface area (Å²) in [7, 11) is 0. The zero-order valence-electron chi connectivity index (χ0n) is 14.8. The Morgan fingerprint density at radius 1 is 1.29 bits per heavy atom. The summed E-state index contributed by atoms with van der Waals surface area (Å²) < 4.78 is 11.0. The minimum atomic E-state index is 0.00866. The standard InChI is InChI=1S/C18H27N3O3/c1-13(2)24-15-4-5-16(19-12-15)18(22)21-7-6-17(14(21)3)20-8-10-23-11-9-20/h4-5,12-14,17H,6-11H2,1-3H3/t14-,17-/m1/s1. The van der Waals surface area contributed by atoms with Crippen LogP contribution in [0, 0.1) is 0 Å². The number of aromatic nitrogens is 1. The van der Waals surface area contributed by atoms with E-state index in [1.54, 1.807) is 12.3 Å². The van der Waals surface area contributed by atoms with Crippen molar-refractivity contribution in [1.82, 2.24) is 14.8 Å². The molecule has 2 aliphatic rings. The topological polar surface area (TPSA) is 54.9 Å². The van der Waals surface area contributed by atoms with Gasteiger partial charge in [-0.25, -0.2) is 4.98 Å². The van der Waals surface area contributed by atoms with Crippen LogP contribution in [0.2, 0.25) is 0 Å². The van der Waals surface area contributed by atoms with Gasteiger partial charge in [0.15, 0.2) is 0 Å². The fourth-order valence-electron chi connectivity index (χ4n) is 3.60. The fourth-order valence-corrected chi connectivity index (χ4v) is 3.60. The van der Waals surface area contributed by atoms with E-state index in [2.05, 4.69) is 16.8 Å². The van der Waals surface area contributed by atoms with Crippen molar-refractivity contribution < 1.29 is 14.3 Å². The van der Waals surface area contributed by atoms with Crippen molar-refractivity contribution in [3.05, 3.63) is 24.0 Å². The number of ether oxygens (including phenoxy) is 2. The molecule has 3 heterocycles. The molecule has 6 heteroatoms. The van der Waals surface area contributed by atoms with Gasteiger partial charge in [0.25, 0.3) is 5.91 Å². The summed E-state index contributed by atoms with van der Waals surface area (Å²) in [4.78, 5) is 21.5. The van der Waals surface area contributed by atoms with Gasteiger partial charge in [-0.1, -0.05) is 0 Å². The summed E-state index contributed by atoms with van der Waals surface area (Å²) in [5.41, 5.74) is 0.487. The molecule has 2 saturated heterocycles. The van der Waals surface area contributed by atoms with Crippen molar-refractivity contribution in [3.63, 3.8) is 0 Å². The van der Waals surface area contributed by atoms with Gasteiger partial charge in [-0.05, 0) is 39.3 Å². The molecule has 132 valence electrons. The highest BCUT2D eigenvalue weighted by Crippen LogP contribution is 2.25. The molecule has 1 aromatic rings. The summed E-state index contributed by atoms with van der Waals surface area (Å²) in [6.45, 7) is 10.3. The van der Waals surface area contributed by atoms with Gasteiger partial charge in [0.05, 0.1) is 25.5 Å². The Balaban J connectivity index is 1.64. The highest BCUT2D eigenvalue weighted by Gasteiger charge is 2.38. The maximum Gasteiger partial charge on any atom is 0.272 e. The molecule has 1 amide bonds. The van der Waals surface area contributed by atoms with E-state index < -0.39 is 0 Å². The molecule has 3 rings (SSSR count). The summed E-state index contributed by atoms with van der Waals surface area (Å²) >= 11 is 0. The number of rotatable bonds is 4. The van der Waals surface area contributed by atoms with E-state index in [1.165, 1.54) is 0 Å². The van der Waals surface area contributed by atoms with Crippen LogP contribution in [0.1, 0.15) is 37.7 Å². The lowest BCUT2D eigenvalue weighted by Crippen LogP contribution is -2.49. The largest absolute Gasteiger partial charge is 0.489 e. The van der Waals surface area contributed by atoms with Gasteiger partial charge in [-0.3, -0.25) is 9.69 Å². The maximum absolute atomic E-state index is 12.8. The van der Waals surface area contributed by atoms with Crippen molar-refractivity contribution in [2.24, 2.45) is 0 Å². The van der Waals surface area contributed by atoms with E-state index in [4.69, 9.17) is 9.47 Å². The summed E-state index contributed by atoms with van der Waals surface area (Å²) in [5.74, 6) is 0.705. The Kier molecular flexibility index (Phi) is 5.36. The molecular weight excluding hydrogens is 306 g/mol. The van der Waals surface area contributed by atoms with E-state index in [0.717, 1.165) is 39.3 Å². The van der Waals surface area contributed by atoms with Crippen molar-refractivity contribution in [1.29, 1.82) is 0 Å². The highest BCUT2D eigenvalue weighted by molar-refractivity contribution is 5.92. The Labute approximate surface area is 143 Å². The number of nitrogens with zero attached hydrogens (tertiary/aromatic N) is 3. The van der Waals surface area contributed by atoms with Crippen LogP contribution >= 0.6 is 0 Å². The van der Waals surface area contributed by atoms with Gasteiger partial charge >= 0.3 is 0 Å². The zero-order chi connectivity index (χ0) is 17.1. The molecule has 2 aliphatic heterocycles. The van der Waals surface area contributed by atoms with E-state index in [0.29, 0.717) is 17.5 Å². The number of pyridine rings is 1. The van der Waals surface area contributed by atoms with Crippen molar-refractivity contribution in [3.8, 4) is 5.75 Å². The predicted octanol–water partition coefficient (Wildman–Crippen LogP) is 1.80. The van der Waals surface area contributed by atoms with Gasteiger partial charge in [-0.15, -0.1) is 0 Å². The van der Waals surface area contributed by atoms with Crippen LogP contribution in [0.4, 0.5) is 0 Å². The molecule has 0 N–H and O–H groups in total. The molecule has 24 heavy (non-hydrogen) atoms. The highest BCUT2D eigenvalue weighted by atomic mass is 16.5. The third-order valence-electron chi connectivity index (χ3n) is 4.82. The van der Waals surface area contributed by atoms with Crippen molar-refractivity contribution in [2.45, 2.75) is 45.4 Å². The number of hydrogen-bond acceptors (Lipinski definition) is 5. The minimum absolute atomic E-state index is 0.00866. The van der Waals surface area contributed by atoms with Gasteiger partial charge in [-0.2, -0.15) is 0 Å². The number of amides is 1. The Morgan fingerprint density at radius 3 is 2.67 bits per heavy atom. The van der Waals surface area contributed by atoms with Crippen LogP contribution in [-0.2, 0) is 4.74 Å². The quantitative estimate of drug-likeness (QED) is 0.841. The predicted molar refractivity (Wildman–Crippen MR) is 91.3 cm³/mol. The third kappa shape index (κ3) is 3.70. The van der Waals surface area contributed by atoms with Gasteiger partial charge < -0.3 is 14.4 Å². The first-order chi connectivity index (χ1) is 11.6. The average Bonchev–Trinajstić information content (AvgIpc) is 2.97. The second-order valence-electron chi connectivity index (χ2n) is 6.79. The van der Waals surface area contributed by atoms with E-state index in [-0.39, 0.29) is 18.1 Å². The van der Waals surface area contributed by atoms with Crippen LogP contribution in [-0.4, -0.2) is 71.7 Å². The summed E-state index contributed by atoms with van der Waals surface area (Å²) in [6, 6.07) is 4.19. The second kappa shape index (κ2) is 7.49. The first kappa shape index (κ1) is 17.2. The summed E-state index contributed by atoms with van der Waals surface area (Å²) in [6.07, 6.45) is 2.75. The van der Waals surface area contributed by atoms with Crippen molar-refractivity contribution in [2.75, 3.05) is 32.8 Å². The number of morpholine rings is 1. The van der Waals surface area contributed by atoms with Gasteiger partial charge in [0.2, 0.25) is 0 Å². The van der Waals surface area contributed by atoms with Crippen LogP contribution in [0.25, 0.3) is 0 Å². The molecule has 1 aromatic heterocycles. The molecular formula is C18H27N3O3. The Morgan fingerprint density at radius 2 is 2.04 bits per heavy atom. The summed E-state index contributed by atoms with van der Waals surface area (Å²) in [5, 5.41) is 0. The molecule has 0 aromatic carbocycles. The second-order valence-corrected chi connectivity index (χ2v) is 6.79. The zero-order valence-corrected chi connectivity index (χ0v) is 14.8. The Hall–Kier alpha value is -1.66. The maximum atomic E-state index is 12.8. The molecule has 2 atom stereocenters. The van der Waals surface area contributed by atoms with E-state index in [9.17, 15) is 4.79 Å². The first-order valence-electron chi connectivity index (χ1n) is 8.81. The van der Waals surface area contributed by atoms with Gasteiger partial charge in [0, 0.05) is 31.7 Å². The normalized spacial score (nSPS) is 25.2. The molecule has 0 spiro atoms. The SMILES string of the molecule is CC(C)Oc1ccc(C(=O)N2CC[C@@H](N3CCOCC3)[C@H]2C)nc1. The molecule has 0 bridgehead atoms. The smallest absolute Gasteiger partial charge is 0.272 e. The molecule has 6 nitrogen and oxygen atoms in total. The molecule has 0 aliphatic carbocycles. The minimum Gasteiger partial charge on any atom is -0.489 e. The van der Waals surface area contributed by atoms with E-state index in [1.807, 2.05) is 24.8 Å². The number of likely N-dealkylation sites (tertiary alicyclic amines) is 1. The molecule has 2 fully saturated rings. The van der Waals surface area contributed by atoms with Crippen LogP contribution < -0.4 is 4.74 Å². The first-order valence-corrected chi connectivity index (χ1v) is 8.81. The Bertz CT molecular complexity index is 555. The lowest BCUT2D eigenvalue weighted by molar-refractivity contribution is 0.0104. The monoisotopic (exact) mass is 333 g/mol. The third-order valence-corrected chi connectivity index (χ3v) is 4.82.